The van der Waals surface area contributed by atoms with Crippen molar-refractivity contribution in [2.45, 2.75) is 36.7 Å². The molecule has 0 saturated carbocycles. The van der Waals surface area contributed by atoms with Crippen LogP contribution in [-0.2, 0) is 39.1 Å². The summed E-state index contributed by atoms with van der Waals surface area (Å²) in [6, 6.07) is 16.0. The smallest absolute Gasteiger partial charge is 0.332 e. The minimum absolute atomic E-state index is 0.167. The van der Waals surface area contributed by atoms with E-state index in [1.54, 1.807) is 30.4 Å². The van der Waals surface area contributed by atoms with Crippen LogP contribution < -0.4 is 11.2 Å². The Hall–Kier alpha value is -2.66. The van der Waals surface area contributed by atoms with Crippen molar-refractivity contribution < 1.29 is 14.3 Å². The summed E-state index contributed by atoms with van der Waals surface area (Å²) in [5, 5.41) is 0.859. The van der Waals surface area contributed by atoms with Gasteiger partial charge in [0.25, 0.3) is 5.56 Å². The van der Waals surface area contributed by atoms with E-state index in [0.717, 1.165) is 43.0 Å². The molecular formula is C28H29BrN2O5S2. The van der Waals surface area contributed by atoms with E-state index >= 15 is 0 Å². The highest BCUT2D eigenvalue weighted by atomic mass is 79.9. The first-order valence-electron chi connectivity index (χ1n) is 12.1. The molecule has 7 nitrogen and oxygen atoms in total. The molecule has 4 aromatic rings. The van der Waals surface area contributed by atoms with Crippen molar-refractivity contribution in [3.05, 3.63) is 86.1 Å². The number of hydrogen-bond acceptors (Lipinski definition) is 7. The van der Waals surface area contributed by atoms with E-state index in [-0.39, 0.29) is 13.2 Å². The quantitative estimate of drug-likeness (QED) is 0.129. The fraction of sp³-hybridized carbons (Fsp3) is 0.321. The number of thioether (sulfide) groups is 1. The number of thiophene rings is 1. The summed E-state index contributed by atoms with van der Waals surface area (Å²) in [5.74, 6) is -0.621. The Bertz CT molecular complexity index is 1560. The lowest BCUT2D eigenvalue weighted by atomic mass is 10.1. The molecule has 0 fully saturated rings. The van der Waals surface area contributed by atoms with Crippen LogP contribution in [0.4, 0.5) is 0 Å². The third-order valence-corrected chi connectivity index (χ3v) is 8.92. The monoisotopic (exact) mass is 616 g/mol. The van der Waals surface area contributed by atoms with E-state index in [0.29, 0.717) is 22.2 Å². The normalized spacial score (nSPS) is 11.3. The maximum Gasteiger partial charge on any atom is 0.332 e. The summed E-state index contributed by atoms with van der Waals surface area (Å²) in [4.78, 5) is 42.4. The van der Waals surface area contributed by atoms with Crippen LogP contribution in [-0.4, -0.2) is 41.7 Å². The molecule has 0 spiro atoms. The van der Waals surface area contributed by atoms with Crippen LogP contribution in [0.3, 0.4) is 0 Å². The number of benzene rings is 2. The Morgan fingerprint density at radius 3 is 2.47 bits per heavy atom. The minimum Gasteiger partial charge on any atom is -0.465 e. The van der Waals surface area contributed by atoms with Crippen LogP contribution in [0.25, 0.3) is 20.7 Å². The van der Waals surface area contributed by atoms with E-state index in [1.807, 2.05) is 42.7 Å². The highest BCUT2D eigenvalue weighted by Crippen LogP contribution is 2.38. The number of carbonyl (C=O) groups is 1. The van der Waals surface area contributed by atoms with Gasteiger partial charge in [-0.15, -0.1) is 23.1 Å². The van der Waals surface area contributed by atoms with Crippen LogP contribution in [0.15, 0.2) is 63.0 Å². The number of aromatic nitrogens is 2. The summed E-state index contributed by atoms with van der Waals surface area (Å²) in [6.45, 7) is 2.33. The average Bonchev–Trinajstić information content (AvgIpc) is 3.32. The highest BCUT2D eigenvalue weighted by Gasteiger charge is 2.24. The lowest BCUT2D eigenvalue weighted by Gasteiger charge is -2.14. The number of rotatable bonds is 11. The van der Waals surface area contributed by atoms with E-state index in [1.165, 1.54) is 11.3 Å². The third kappa shape index (κ3) is 5.83. The Labute approximate surface area is 237 Å². The van der Waals surface area contributed by atoms with Crippen molar-refractivity contribution in [1.29, 1.82) is 0 Å². The lowest BCUT2D eigenvalue weighted by Crippen LogP contribution is -2.42. The SMILES string of the molecule is CCOC(=O)Cn1c(=O)c2c(CBr)c(-c3ccc(CCOC)cc3)sc2n(Cc2ccccc2SC)c1=O. The molecule has 0 unspecified atom stereocenters. The molecule has 0 saturated heterocycles. The number of carbonyl (C=O) groups excluding carboxylic acids is 1. The topological polar surface area (TPSA) is 79.5 Å². The molecule has 38 heavy (non-hydrogen) atoms. The Balaban J connectivity index is 1.95. The zero-order chi connectivity index (χ0) is 27.2. The van der Waals surface area contributed by atoms with Gasteiger partial charge in [-0.25, -0.2) is 9.36 Å². The van der Waals surface area contributed by atoms with Crippen LogP contribution in [0, 0.1) is 0 Å². The molecule has 0 radical (unpaired) electrons. The van der Waals surface area contributed by atoms with Crippen LogP contribution in [0.2, 0.25) is 0 Å². The van der Waals surface area contributed by atoms with Gasteiger partial charge >= 0.3 is 11.7 Å². The Morgan fingerprint density at radius 1 is 1.08 bits per heavy atom. The fourth-order valence-corrected chi connectivity index (χ4v) is 7.00. The number of alkyl halides is 1. The van der Waals surface area contributed by atoms with Crippen molar-refractivity contribution in [2.24, 2.45) is 0 Å². The molecule has 2 heterocycles. The summed E-state index contributed by atoms with van der Waals surface area (Å²) < 4.78 is 12.9. The van der Waals surface area contributed by atoms with Crippen molar-refractivity contribution in [1.82, 2.24) is 9.13 Å². The van der Waals surface area contributed by atoms with E-state index < -0.39 is 23.8 Å². The molecule has 0 aliphatic rings. The first kappa shape index (κ1) is 28.4. The molecule has 0 atom stereocenters. The van der Waals surface area contributed by atoms with Gasteiger partial charge < -0.3 is 9.47 Å². The van der Waals surface area contributed by atoms with Gasteiger partial charge in [-0.3, -0.25) is 14.2 Å². The summed E-state index contributed by atoms with van der Waals surface area (Å²) in [6.07, 6.45) is 2.79. The largest absolute Gasteiger partial charge is 0.465 e. The third-order valence-electron chi connectivity index (χ3n) is 6.21. The second kappa shape index (κ2) is 12.9. The zero-order valence-corrected chi connectivity index (χ0v) is 24.7. The van der Waals surface area contributed by atoms with Gasteiger partial charge in [-0.05, 0) is 47.9 Å². The van der Waals surface area contributed by atoms with Gasteiger partial charge in [0, 0.05) is 22.2 Å². The minimum atomic E-state index is -0.621. The van der Waals surface area contributed by atoms with Crippen molar-refractivity contribution >= 4 is 55.2 Å². The van der Waals surface area contributed by atoms with Gasteiger partial charge in [0.05, 0.1) is 25.1 Å². The van der Waals surface area contributed by atoms with E-state index in [2.05, 4.69) is 28.1 Å². The number of hydrogen-bond donors (Lipinski definition) is 0. The number of ether oxygens (including phenoxy) is 2. The number of methoxy groups -OCH3 is 1. The zero-order valence-electron chi connectivity index (χ0n) is 21.5. The standard InChI is InChI=1S/C28H29BrN2O5S2/c1-4-36-23(32)17-30-26(33)24-21(15-29)25(19-11-9-18(10-12-19)13-14-35-2)38-27(24)31(28(30)34)16-20-7-5-6-8-22(20)37-3/h5-12H,4,13-17H2,1-3H3. The molecule has 2 aromatic heterocycles. The summed E-state index contributed by atoms with van der Waals surface area (Å²) in [5.41, 5.74) is 2.85. The van der Waals surface area contributed by atoms with Crippen LogP contribution in [0.5, 0.6) is 0 Å². The summed E-state index contributed by atoms with van der Waals surface area (Å²) >= 11 is 6.60. The number of fused-ring (bicyclic) bond motifs is 1. The first-order valence-corrected chi connectivity index (χ1v) is 15.3. The predicted octanol–water partition coefficient (Wildman–Crippen LogP) is 5.31. The van der Waals surface area contributed by atoms with Gasteiger partial charge in [0.1, 0.15) is 11.4 Å². The predicted molar refractivity (Wildman–Crippen MR) is 158 cm³/mol. The highest BCUT2D eigenvalue weighted by molar-refractivity contribution is 9.08. The Kier molecular flexibility index (Phi) is 9.64. The number of halogens is 1. The van der Waals surface area contributed by atoms with Crippen molar-refractivity contribution in [3.8, 4) is 10.4 Å². The molecule has 0 aliphatic heterocycles. The van der Waals surface area contributed by atoms with E-state index in [4.69, 9.17) is 9.47 Å². The summed E-state index contributed by atoms with van der Waals surface area (Å²) in [7, 11) is 1.68. The molecule has 2 aromatic carbocycles. The van der Waals surface area contributed by atoms with Gasteiger partial charge in [0.2, 0.25) is 0 Å². The lowest BCUT2D eigenvalue weighted by molar-refractivity contribution is -0.143. The van der Waals surface area contributed by atoms with Gasteiger partial charge in [-0.1, -0.05) is 58.4 Å². The molecule has 4 rings (SSSR count). The number of esters is 1. The van der Waals surface area contributed by atoms with Crippen molar-refractivity contribution in [2.75, 3.05) is 26.6 Å². The average molecular weight is 618 g/mol. The van der Waals surface area contributed by atoms with E-state index in [9.17, 15) is 14.4 Å². The van der Waals surface area contributed by atoms with Crippen LogP contribution >= 0.6 is 39.0 Å². The molecular weight excluding hydrogens is 588 g/mol. The van der Waals surface area contributed by atoms with Gasteiger partial charge in [0.15, 0.2) is 0 Å². The maximum atomic E-state index is 13.7. The Morgan fingerprint density at radius 2 is 1.82 bits per heavy atom. The molecule has 0 bridgehead atoms. The first-order chi connectivity index (χ1) is 18.4. The molecule has 0 amide bonds. The second-order valence-corrected chi connectivity index (χ2v) is 10.9. The fourth-order valence-electron chi connectivity index (χ4n) is 4.34. The molecule has 0 aliphatic carbocycles. The van der Waals surface area contributed by atoms with Crippen molar-refractivity contribution in [3.63, 3.8) is 0 Å². The molecule has 10 heteroatoms. The second-order valence-electron chi connectivity index (χ2n) is 8.54. The maximum absolute atomic E-state index is 13.7. The van der Waals surface area contributed by atoms with Crippen LogP contribution in [0.1, 0.15) is 23.6 Å². The van der Waals surface area contributed by atoms with Gasteiger partial charge in [-0.2, -0.15) is 0 Å². The number of nitrogens with zero attached hydrogens (tertiary/aromatic N) is 2. The molecule has 0 N–H and O–H groups in total. The molecule has 200 valence electrons.